The van der Waals surface area contributed by atoms with Crippen LogP contribution in [0.5, 0.6) is 5.75 Å². The number of methoxy groups -OCH3 is 1. The van der Waals surface area contributed by atoms with Crippen molar-refractivity contribution in [2.24, 2.45) is 0 Å². The number of hydrogen-bond donors (Lipinski definition) is 1. The second kappa shape index (κ2) is 10.4. The standard InChI is InChI=1S/C22H22N6O3.C2H6/c1-30-18-4-2-3-16(10-18)17-12-24-28(13-17)22-25-19-9-15(14-29)11-23-20(19)21(26-22)27-5-7-31-8-6-27;1-2/h2-4,9-13,29H,5-8,14H2,1H3;1-2H3. The lowest BCUT2D eigenvalue weighted by Crippen LogP contribution is -2.37. The van der Waals surface area contributed by atoms with E-state index in [-0.39, 0.29) is 6.61 Å². The predicted octanol–water partition coefficient (Wildman–Crippen LogP) is 3.24. The third kappa shape index (κ3) is 4.79. The zero-order valence-electron chi connectivity index (χ0n) is 19.1. The highest BCUT2D eigenvalue weighted by Crippen LogP contribution is 2.27. The van der Waals surface area contributed by atoms with E-state index in [1.807, 2.05) is 50.4 Å². The molecule has 9 nitrogen and oxygen atoms in total. The van der Waals surface area contributed by atoms with Gasteiger partial charge in [-0.2, -0.15) is 10.1 Å². The molecule has 0 aliphatic carbocycles. The Balaban J connectivity index is 0.00000126. The summed E-state index contributed by atoms with van der Waals surface area (Å²) < 4.78 is 12.5. The molecule has 0 atom stereocenters. The van der Waals surface area contributed by atoms with Crippen molar-refractivity contribution < 1.29 is 14.6 Å². The van der Waals surface area contributed by atoms with Gasteiger partial charge in [-0.1, -0.05) is 26.0 Å². The SMILES string of the molecule is CC.COc1cccc(-c2cnn(-c3nc(N4CCOCC4)c4ncc(CO)cc4n3)c2)c1. The minimum atomic E-state index is -0.100. The van der Waals surface area contributed by atoms with Gasteiger partial charge in [-0.25, -0.2) is 9.67 Å². The lowest BCUT2D eigenvalue weighted by atomic mass is 10.1. The molecule has 1 aliphatic heterocycles. The number of aliphatic hydroxyl groups is 1. The van der Waals surface area contributed by atoms with Crippen LogP contribution in [0.3, 0.4) is 0 Å². The summed E-state index contributed by atoms with van der Waals surface area (Å²) in [6.07, 6.45) is 5.33. The van der Waals surface area contributed by atoms with Gasteiger partial charge in [0, 0.05) is 31.0 Å². The van der Waals surface area contributed by atoms with Crippen molar-refractivity contribution in [3.63, 3.8) is 0 Å². The Hall–Kier alpha value is -3.56. The van der Waals surface area contributed by atoms with E-state index in [0.717, 1.165) is 35.8 Å². The zero-order chi connectivity index (χ0) is 23.2. The maximum absolute atomic E-state index is 9.54. The van der Waals surface area contributed by atoms with Gasteiger partial charge in [0.25, 0.3) is 5.95 Å². The summed E-state index contributed by atoms with van der Waals surface area (Å²) >= 11 is 0. The maximum atomic E-state index is 9.54. The van der Waals surface area contributed by atoms with Crippen molar-refractivity contribution in [2.45, 2.75) is 20.5 Å². The van der Waals surface area contributed by atoms with Crippen LogP contribution in [0.15, 0.2) is 48.9 Å². The van der Waals surface area contributed by atoms with Crippen molar-refractivity contribution in [1.29, 1.82) is 0 Å². The van der Waals surface area contributed by atoms with Crippen LogP contribution in [-0.2, 0) is 11.3 Å². The van der Waals surface area contributed by atoms with E-state index in [0.29, 0.717) is 35.8 Å². The van der Waals surface area contributed by atoms with Crippen LogP contribution in [-0.4, -0.2) is 63.3 Å². The smallest absolute Gasteiger partial charge is 0.253 e. The summed E-state index contributed by atoms with van der Waals surface area (Å²) in [6.45, 7) is 6.62. The molecule has 4 aromatic rings. The van der Waals surface area contributed by atoms with Gasteiger partial charge in [-0.05, 0) is 29.3 Å². The summed E-state index contributed by atoms with van der Waals surface area (Å²) in [7, 11) is 1.65. The molecule has 172 valence electrons. The van der Waals surface area contributed by atoms with Crippen LogP contribution in [0, 0.1) is 0 Å². The van der Waals surface area contributed by atoms with Gasteiger partial charge in [0.1, 0.15) is 11.3 Å². The summed E-state index contributed by atoms with van der Waals surface area (Å²) in [6, 6.07) is 9.64. The molecular formula is C24H28N6O3. The minimum absolute atomic E-state index is 0.100. The van der Waals surface area contributed by atoms with E-state index in [4.69, 9.17) is 14.5 Å². The second-order valence-electron chi connectivity index (χ2n) is 7.22. The normalized spacial score (nSPS) is 13.5. The summed E-state index contributed by atoms with van der Waals surface area (Å²) in [5.41, 5.74) is 3.98. The molecule has 0 radical (unpaired) electrons. The maximum Gasteiger partial charge on any atom is 0.253 e. The highest BCUT2D eigenvalue weighted by Gasteiger charge is 2.20. The van der Waals surface area contributed by atoms with Crippen LogP contribution in [0.4, 0.5) is 5.82 Å². The fourth-order valence-electron chi connectivity index (χ4n) is 3.60. The number of benzene rings is 1. The molecule has 0 spiro atoms. The average Bonchev–Trinajstić information content (AvgIpc) is 3.40. The van der Waals surface area contributed by atoms with Gasteiger partial charge >= 0.3 is 0 Å². The quantitative estimate of drug-likeness (QED) is 0.497. The molecule has 1 saturated heterocycles. The first-order valence-corrected chi connectivity index (χ1v) is 11.0. The third-order valence-corrected chi connectivity index (χ3v) is 5.25. The molecular weight excluding hydrogens is 420 g/mol. The number of aromatic nitrogens is 5. The fourth-order valence-corrected chi connectivity index (χ4v) is 3.60. The van der Waals surface area contributed by atoms with E-state index in [1.165, 1.54) is 0 Å². The number of nitrogens with zero attached hydrogens (tertiary/aromatic N) is 6. The molecule has 0 bridgehead atoms. The Bertz CT molecular complexity index is 1220. The van der Waals surface area contributed by atoms with Crippen LogP contribution >= 0.6 is 0 Å². The highest BCUT2D eigenvalue weighted by atomic mass is 16.5. The summed E-state index contributed by atoms with van der Waals surface area (Å²) in [5, 5.41) is 14.0. The second-order valence-corrected chi connectivity index (χ2v) is 7.22. The Morgan fingerprint density at radius 3 is 2.64 bits per heavy atom. The number of rotatable bonds is 5. The average molecular weight is 449 g/mol. The molecule has 1 fully saturated rings. The minimum Gasteiger partial charge on any atom is -0.497 e. The van der Waals surface area contributed by atoms with Crippen LogP contribution in [0.2, 0.25) is 0 Å². The highest BCUT2D eigenvalue weighted by molar-refractivity contribution is 5.86. The van der Waals surface area contributed by atoms with Gasteiger partial charge in [0.15, 0.2) is 5.82 Å². The third-order valence-electron chi connectivity index (χ3n) is 5.25. The van der Waals surface area contributed by atoms with E-state index < -0.39 is 0 Å². The molecule has 1 aromatic carbocycles. The zero-order valence-corrected chi connectivity index (χ0v) is 19.1. The molecule has 4 heterocycles. The largest absolute Gasteiger partial charge is 0.497 e. The monoisotopic (exact) mass is 448 g/mol. The van der Waals surface area contributed by atoms with Crippen molar-refractivity contribution in [2.75, 3.05) is 38.3 Å². The van der Waals surface area contributed by atoms with Gasteiger partial charge in [0.05, 0.1) is 38.6 Å². The van der Waals surface area contributed by atoms with Crippen molar-refractivity contribution in [3.8, 4) is 22.8 Å². The fraction of sp³-hybridized carbons (Fsp3) is 0.333. The van der Waals surface area contributed by atoms with E-state index in [9.17, 15) is 5.11 Å². The Morgan fingerprint density at radius 1 is 1.06 bits per heavy atom. The number of pyridine rings is 1. The molecule has 0 unspecified atom stereocenters. The number of aliphatic hydroxyl groups excluding tert-OH is 1. The molecule has 9 heteroatoms. The molecule has 1 aliphatic rings. The number of ether oxygens (including phenoxy) is 2. The van der Waals surface area contributed by atoms with E-state index >= 15 is 0 Å². The molecule has 0 amide bonds. The number of morpholine rings is 1. The number of fused-ring (bicyclic) bond motifs is 1. The van der Waals surface area contributed by atoms with E-state index in [2.05, 4.69) is 20.0 Å². The van der Waals surface area contributed by atoms with Gasteiger partial charge < -0.3 is 19.5 Å². The molecule has 5 rings (SSSR count). The molecule has 1 N–H and O–H groups in total. The lowest BCUT2D eigenvalue weighted by molar-refractivity contribution is 0.122. The van der Waals surface area contributed by atoms with Gasteiger partial charge in [-0.3, -0.25) is 4.98 Å². The summed E-state index contributed by atoms with van der Waals surface area (Å²) in [4.78, 5) is 16.2. The van der Waals surface area contributed by atoms with Crippen molar-refractivity contribution in [1.82, 2.24) is 24.7 Å². The van der Waals surface area contributed by atoms with Crippen LogP contribution in [0.1, 0.15) is 19.4 Å². The molecule has 0 saturated carbocycles. The first kappa shape index (κ1) is 22.6. The Morgan fingerprint density at radius 2 is 1.88 bits per heavy atom. The van der Waals surface area contributed by atoms with Gasteiger partial charge in [-0.15, -0.1) is 0 Å². The summed E-state index contributed by atoms with van der Waals surface area (Å²) in [5.74, 6) is 1.97. The first-order valence-electron chi connectivity index (χ1n) is 11.0. The topological polar surface area (TPSA) is 98.4 Å². The van der Waals surface area contributed by atoms with Gasteiger partial charge in [0.2, 0.25) is 0 Å². The molecule has 3 aromatic heterocycles. The first-order chi connectivity index (χ1) is 16.2. The van der Waals surface area contributed by atoms with Crippen molar-refractivity contribution in [3.05, 3.63) is 54.5 Å². The lowest BCUT2D eigenvalue weighted by Gasteiger charge is -2.28. The van der Waals surface area contributed by atoms with Crippen LogP contribution < -0.4 is 9.64 Å². The number of hydrogen-bond acceptors (Lipinski definition) is 8. The van der Waals surface area contributed by atoms with Crippen LogP contribution in [0.25, 0.3) is 28.1 Å². The molecule has 33 heavy (non-hydrogen) atoms. The van der Waals surface area contributed by atoms with Crippen molar-refractivity contribution >= 4 is 16.9 Å². The Labute approximate surface area is 192 Å². The predicted molar refractivity (Wildman–Crippen MR) is 127 cm³/mol. The van der Waals surface area contributed by atoms with E-state index in [1.54, 1.807) is 24.2 Å². The number of anilines is 1. The Kier molecular flexibility index (Phi) is 7.11.